The van der Waals surface area contributed by atoms with Crippen LogP contribution in [0.1, 0.15) is 64.7 Å². The van der Waals surface area contributed by atoms with Gasteiger partial charge in [0.25, 0.3) is 0 Å². The molecule has 2 aliphatic carbocycles. The van der Waals surface area contributed by atoms with Crippen molar-refractivity contribution in [3.63, 3.8) is 0 Å². The lowest BCUT2D eigenvalue weighted by Crippen LogP contribution is -2.30. The Hall–Kier alpha value is 0.230. The highest BCUT2D eigenvalue weighted by Gasteiger charge is 2.49. The maximum Gasteiger partial charge on any atom is 0.0173 e. The molecule has 0 radical (unpaired) electrons. The van der Waals surface area contributed by atoms with Gasteiger partial charge in [-0.1, -0.05) is 13.3 Å². The van der Waals surface area contributed by atoms with Crippen LogP contribution < -0.4 is 16.4 Å². The van der Waals surface area contributed by atoms with E-state index >= 15 is 0 Å². The van der Waals surface area contributed by atoms with Crippen LogP contribution in [-0.4, -0.2) is 37.5 Å². The van der Waals surface area contributed by atoms with Crippen molar-refractivity contribution >= 4 is 12.6 Å². The number of nitrogens with two attached hydrogens (primary N) is 1. The fourth-order valence-corrected chi connectivity index (χ4v) is 4.60. The fraction of sp³-hybridized carbons (Fsp3) is 1.00. The lowest BCUT2D eigenvalue weighted by atomic mass is 9.82. The Balaban J connectivity index is 1.36. The third-order valence-electron chi connectivity index (χ3n) is 6.01. The first-order valence-electron chi connectivity index (χ1n) is 10.0. The molecule has 0 amide bonds. The summed E-state index contributed by atoms with van der Waals surface area (Å²) >= 11 is 4.87. The molecule has 4 N–H and O–H groups in total. The van der Waals surface area contributed by atoms with Crippen LogP contribution in [0.5, 0.6) is 0 Å². The topological polar surface area (TPSA) is 50.1 Å². The fourth-order valence-electron chi connectivity index (χ4n) is 4.14. The van der Waals surface area contributed by atoms with Crippen LogP contribution in [0.2, 0.25) is 0 Å². The molecule has 0 aromatic rings. The second-order valence-electron chi connectivity index (χ2n) is 7.97. The van der Waals surface area contributed by atoms with Crippen molar-refractivity contribution in [1.29, 1.82) is 0 Å². The Labute approximate surface area is 149 Å². The highest BCUT2D eigenvalue weighted by atomic mass is 32.1. The van der Waals surface area contributed by atoms with Crippen LogP contribution in [0.15, 0.2) is 0 Å². The van der Waals surface area contributed by atoms with Crippen molar-refractivity contribution in [2.75, 3.05) is 32.7 Å². The van der Waals surface area contributed by atoms with Gasteiger partial charge >= 0.3 is 0 Å². The van der Waals surface area contributed by atoms with E-state index in [9.17, 15) is 0 Å². The van der Waals surface area contributed by atoms with E-state index in [0.717, 1.165) is 43.9 Å². The minimum atomic E-state index is 0.365. The summed E-state index contributed by atoms with van der Waals surface area (Å²) in [5.41, 5.74) is 5.75. The van der Waals surface area contributed by atoms with Gasteiger partial charge in [0.05, 0.1) is 0 Å². The molecule has 0 heterocycles. The van der Waals surface area contributed by atoms with E-state index < -0.39 is 0 Å². The maximum atomic E-state index is 5.75. The summed E-state index contributed by atoms with van der Waals surface area (Å²) < 4.78 is 0.365. The summed E-state index contributed by atoms with van der Waals surface area (Å²) in [6.07, 6.45) is 11.9. The predicted molar refractivity (Wildman–Crippen MR) is 104 cm³/mol. The number of nitrogens with one attached hydrogen (secondary N) is 2. The molecule has 2 unspecified atom stereocenters. The molecule has 2 aliphatic rings. The molecule has 0 aromatic heterocycles. The number of hydrogen-bond acceptors (Lipinski definition) is 4. The zero-order chi connectivity index (χ0) is 16.5. The lowest BCUT2D eigenvalue weighted by molar-refractivity contribution is 0.272. The molecule has 136 valence electrons. The monoisotopic (exact) mass is 341 g/mol. The van der Waals surface area contributed by atoms with Crippen molar-refractivity contribution in [3.05, 3.63) is 0 Å². The number of thiol groups is 1. The molecule has 0 bridgehead atoms. The molecule has 0 aromatic carbocycles. The van der Waals surface area contributed by atoms with Crippen molar-refractivity contribution in [1.82, 2.24) is 10.6 Å². The summed E-state index contributed by atoms with van der Waals surface area (Å²) in [5.74, 6) is 2.57. The van der Waals surface area contributed by atoms with Crippen LogP contribution in [0, 0.1) is 17.8 Å². The van der Waals surface area contributed by atoms with Gasteiger partial charge < -0.3 is 16.4 Å². The first-order valence-corrected chi connectivity index (χ1v) is 10.5. The van der Waals surface area contributed by atoms with E-state index in [2.05, 4.69) is 17.6 Å². The Bertz CT molecular complexity index is 318. The van der Waals surface area contributed by atoms with Crippen LogP contribution >= 0.6 is 12.6 Å². The van der Waals surface area contributed by atoms with Crippen LogP contribution in [-0.2, 0) is 0 Å². The standard InChI is InChI=1S/C19H39N3S/c1-2-4-18-13-19(18,23)9-12-21-10-3-11-22-15-17-7-5-16(14-20)6-8-17/h16-18,21-23H,2-15,20H2,1H3. The maximum absolute atomic E-state index is 5.75. The van der Waals surface area contributed by atoms with Crippen LogP contribution in [0.4, 0.5) is 0 Å². The van der Waals surface area contributed by atoms with Gasteiger partial charge in [0.1, 0.15) is 0 Å². The van der Waals surface area contributed by atoms with E-state index in [1.807, 2.05) is 0 Å². The molecule has 23 heavy (non-hydrogen) atoms. The van der Waals surface area contributed by atoms with Gasteiger partial charge in [-0.3, -0.25) is 0 Å². The van der Waals surface area contributed by atoms with E-state index in [4.69, 9.17) is 18.4 Å². The summed E-state index contributed by atoms with van der Waals surface area (Å²) in [5, 5.41) is 7.24. The molecule has 0 saturated heterocycles. The third-order valence-corrected chi connectivity index (χ3v) is 6.78. The van der Waals surface area contributed by atoms with Crippen LogP contribution in [0.3, 0.4) is 0 Å². The summed E-state index contributed by atoms with van der Waals surface area (Å²) in [4.78, 5) is 0. The number of hydrogen-bond donors (Lipinski definition) is 4. The van der Waals surface area contributed by atoms with E-state index in [1.54, 1.807) is 0 Å². The second kappa shape index (κ2) is 10.3. The van der Waals surface area contributed by atoms with Crippen molar-refractivity contribution in [2.24, 2.45) is 23.5 Å². The SMILES string of the molecule is CCCC1CC1(S)CCNCCCNCC1CCC(CN)CC1. The quantitative estimate of drug-likeness (QED) is 0.326. The highest BCUT2D eigenvalue weighted by molar-refractivity contribution is 7.82. The Morgan fingerprint density at radius 1 is 1.04 bits per heavy atom. The Morgan fingerprint density at radius 2 is 1.74 bits per heavy atom. The van der Waals surface area contributed by atoms with Gasteiger partial charge in [-0.25, -0.2) is 0 Å². The van der Waals surface area contributed by atoms with Crippen LogP contribution in [0.25, 0.3) is 0 Å². The molecule has 3 nitrogen and oxygen atoms in total. The number of rotatable bonds is 12. The molecule has 0 spiro atoms. The first kappa shape index (κ1) is 19.6. The largest absolute Gasteiger partial charge is 0.330 e. The molecular weight excluding hydrogens is 302 g/mol. The smallest absolute Gasteiger partial charge is 0.0173 e. The van der Waals surface area contributed by atoms with E-state index in [1.165, 1.54) is 64.3 Å². The zero-order valence-electron chi connectivity index (χ0n) is 15.2. The molecule has 4 heteroatoms. The third kappa shape index (κ3) is 6.93. The van der Waals surface area contributed by atoms with Gasteiger partial charge in [-0.05, 0) is 102 Å². The normalized spacial score (nSPS) is 33.8. The van der Waals surface area contributed by atoms with Crippen molar-refractivity contribution < 1.29 is 0 Å². The first-order chi connectivity index (χ1) is 11.2. The van der Waals surface area contributed by atoms with E-state index in [0.29, 0.717) is 4.75 Å². The molecule has 2 fully saturated rings. The summed E-state index contributed by atoms with van der Waals surface area (Å²) in [6.45, 7) is 7.78. The van der Waals surface area contributed by atoms with Gasteiger partial charge in [0.15, 0.2) is 0 Å². The van der Waals surface area contributed by atoms with Crippen molar-refractivity contribution in [2.45, 2.75) is 69.5 Å². The summed E-state index contributed by atoms with van der Waals surface area (Å²) in [7, 11) is 0. The predicted octanol–water partition coefficient (Wildman–Crippen LogP) is 3.20. The van der Waals surface area contributed by atoms with Gasteiger partial charge in [0.2, 0.25) is 0 Å². The summed E-state index contributed by atoms with van der Waals surface area (Å²) in [6, 6.07) is 0. The van der Waals surface area contributed by atoms with Gasteiger partial charge in [-0.15, -0.1) is 0 Å². The molecule has 2 saturated carbocycles. The zero-order valence-corrected chi connectivity index (χ0v) is 16.1. The highest BCUT2D eigenvalue weighted by Crippen LogP contribution is 2.53. The molecule has 2 atom stereocenters. The average molecular weight is 342 g/mol. The second-order valence-corrected chi connectivity index (χ2v) is 8.86. The minimum Gasteiger partial charge on any atom is -0.330 e. The minimum absolute atomic E-state index is 0.365. The molecular formula is C19H39N3S. The average Bonchev–Trinajstić information content (AvgIpc) is 3.21. The molecule has 0 aliphatic heterocycles. The van der Waals surface area contributed by atoms with E-state index in [-0.39, 0.29) is 0 Å². The Kier molecular flexibility index (Phi) is 8.73. The lowest BCUT2D eigenvalue weighted by Gasteiger charge is -2.27. The van der Waals surface area contributed by atoms with Gasteiger partial charge in [-0.2, -0.15) is 12.6 Å². The Morgan fingerprint density at radius 3 is 2.43 bits per heavy atom. The van der Waals surface area contributed by atoms with Gasteiger partial charge in [0, 0.05) is 4.75 Å². The van der Waals surface area contributed by atoms with Crippen molar-refractivity contribution in [3.8, 4) is 0 Å². The molecule has 2 rings (SSSR count).